The van der Waals surface area contributed by atoms with E-state index in [9.17, 15) is 0 Å². The molecule has 0 saturated heterocycles. The minimum absolute atomic E-state index is 0. The Morgan fingerprint density at radius 3 is 0.689 bits per heavy atom. The number of halogens is 3. The summed E-state index contributed by atoms with van der Waals surface area (Å²) in [6, 6.07) is 122. The minimum atomic E-state index is 0. The Bertz CT molecular complexity index is 5230. The molecule has 0 unspecified atom stereocenters. The number of pyridine rings is 3. The van der Waals surface area contributed by atoms with E-state index in [2.05, 4.69) is 378 Å². The fraction of sp³-hybridized carbons (Fsp3) is 0.0312. The second kappa shape index (κ2) is 30.1. The van der Waals surface area contributed by atoms with Crippen molar-refractivity contribution >= 4 is 47.8 Å². The summed E-state index contributed by atoms with van der Waals surface area (Å²) in [5.41, 5.74) is 34.4. The van der Waals surface area contributed by atoms with Gasteiger partial charge in [0.05, 0.1) is 0 Å². The molecule has 13 aromatic carbocycles. The molecule has 3 heterocycles. The van der Waals surface area contributed by atoms with E-state index in [-0.39, 0.29) is 20.1 Å². The maximum atomic E-state index is 5.04. The molecule has 16 rings (SSSR count). The van der Waals surface area contributed by atoms with Crippen LogP contribution in [-0.2, 0) is 20.1 Å². The molecular formula is C96H63Br3IrN3. The normalized spacial score (nSPS) is 11.1. The molecule has 3 nitrogen and oxygen atoms in total. The predicted molar refractivity (Wildman–Crippen MR) is 435 cm³/mol. The number of aromatic nitrogens is 3. The number of aryl methyl sites for hydroxylation is 3. The first-order valence-corrected chi connectivity index (χ1v) is 36.4. The molecule has 0 atom stereocenters. The van der Waals surface area contributed by atoms with Gasteiger partial charge >= 0.3 is 20.1 Å². The Kier molecular flexibility index (Phi) is 20.0. The molecule has 0 bridgehead atoms. The molecule has 3 aromatic heterocycles. The van der Waals surface area contributed by atoms with Crippen molar-refractivity contribution < 1.29 is 20.1 Å². The fourth-order valence-electron chi connectivity index (χ4n) is 13.9. The molecule has 0 aliphatic carbocycles. The van der Waals surface area contributed by atoms with Gasteiger partial charge in [0.15, 0.2) is 0 Å². The Morgan fingerprint density at radius 1 is 0.214 bits per heavy atom. The first-order chi connectivity index (χ1) is 50.0. The summed E-state index contributed by atoms with van der Waals surface area (Å²) in [6.45, 7) is 6.46. The van der Waals surface area contributed by atoms with Crippen molar-refractivity contribution in [2.45, 2.75) is 20.8 Å². The van der Waals surface area contributed by atoms with Crippen LogP contribution in [0.1, 0.15) is 16.7 Å². The Balaban J connectivity index is 0.00000856. The van der Waals surface area contributed by atoms with E-state index in [1.165, 1.54) is 0 Å². The van der Waals surface area contributed by atoms with Crippen LogP contribution in [-0.4, -0.2) is 15.0 Å². The molecule has 103 heavy (non-hydrogen) atoms. The first kappa shape index (κ1) is 68.2. The van der Waals surface area contributed by atoms with E-state index < -0.39 is 0 Å². The number of nitrogens with zero attached hydrogens (tertiary/aromatic N) is 3. The molecule has 492 valence electrons. The maximum Gasteiger partial charge on any atom is 3.00 e. The van der Waals surface area contributed by atoms with Crippen LogP contribution in [0.25, 0.3) is 167 Å². The number of benzene rings is 13. The van der Waals surface area contributed by atoms with Gasteiger partial charge in [0.2, 0.25) is 0 Å². The van der Waals surface area contributed by atoms with Gasteiger partial charge in [-0.15, -0.1) is 71.3 Å². The second-order valence-corrected chi connectivity index (χ2v) is 28.3. The number of hydrogen-bond acceptors (Lipinski definition) is 3. The van der Waals surface area contributed by atoms with Crippen molar-refractivity contribution in [2.75, 3.05) is 0 Å². The van der Waals surface area contributed by atoms with Crippen molar-refractivity contribution in [1.82, 2.24) is 15.0 Å². The van der Waals surface area contributed by atoms with Crippen LogP contribution < -0.4 is 0 Å². The van der Waals surface area contributed by atoms with Gasteiger partial charge < -0.3 is 15.0 Å². The zero-order chi connectivity index (χ0) is 69.2. The van der Waals surface area contributed by atoms with Gasteiger partial charge in [-0.2, -0.15) is 0 Å². The van der Waals surface area contributed by atoms with Crippen LogP contribution in [0.15, 0.2) is 341 Å². The van der Waals surface area contributed by atoms with Crippen molar-refractivity contribution in [1.29, 1.82) is 0 Å². The molecular weight excluding hydrogens is 1630 g/mol. The number of rotatable bonds is 15. The van der Waals surface area contributed by atoms with E-state index in [0.717, 1.165) is 197 Å². The third-order valence-corrected chi connectivity index (χ3v) is 21.2. The summed E-state index contributed by atoms with van der Waals surface area (Å²) >= 11 is 12.5. The maximum absolute atomic E-state index is 5.04. The summed E-state index contributed by atoms with van der Waals surface area (Å²) in [7, 11) is 0. The van der Waals surface area contributed by atoms with Crippen molar-refractivity contribution in [3.63, 3.8) is 0 Å². The van der Waals surface area contributed by atoms with Gasteiger partial charge in [0.25, 0.3) is 0 Å². The largest absolute Gasteiger partial charge is 3.00 e. The summed E-state index contributed by atoms with van der Waals surface area (Å²) in [6.07, 6.45) is 5.94. The van der Waals surface area contributed by atoms with Crippen LogP contribution >= 0.6 is 47.8 Å². The van der Waals surface area contributed by atoms with E-state index in [1.54, 1.807) is 0 Å². The first-order valence-electron chi connectivity index (χ1n) is 34.0. The smallest absolute Gasteiger partial charge is 0.304 e. The third kappa shape index (κ3) is 14.3. The van der Waals surface area contributed by atoms with Crippen LogP contribution in [0, 0.1) is 39.0 Å². The van der Waals surface area contributed by atoms with E-state index >= 15 is 0 Å². The van der Waals surface area contributed by atoms with E-state index in [1.807, 2.05) is 36.8 Å². The second-order valence-electron chi connectivity index (χ2n) is 25.8. The Labute approximate surface area is 641 Å². The van der Waals surface area contributed by atoms with Crippen LogP contribution in [0.4, 0.5) is 0 Å². The predicted octanol–water partition coefficient (Wildman–Crippen LogP) is 27.5. The molecule has 0 fully saturated rings. The summed E-state index contributed by atoms with van der Waals surface area (Å²) in [4.78, 5) is 15.1. The quantitative estimate of drug-likeness (QED) is 0.0960. The van der Waals surface area contributed by atoms with Crippen molar-refractivity contribution in [2.24, 2.45) is 0 Å². The summed E-state index contributed by atoms with van der Waals surface area (Å²) in [5, 5.41) is 0. The van der Waals surface area contributed by atoms with Crippen molar-refractivity contribution in [3.05, 3.63) is 376 Å². The topological polar surface area (TPSA) is 38.7 Å². The fourth-order valence-corrected chi connectivity index (χ4v) is 15.6. The van der Waals surface area contributed by atoms with Gasteiger partial charge in [0.1, 0.15) is 0 Å². The van der Waals surface area contributed by atoms with E-state index in [0.29, 0.717) is 0 Å². The van der Waals surface area contributed by atoms with Gasteiger partial charge in [-0.25, -0.2) is 0 Å². The molecule has 7 heteroatoms. The molecule has 0 saturated carbocycles. The van der Waals surface area contributed by atoms with Gasteiger partial charge in [-0.3, -0.25) is 0 Å². The number of hydrogen-bond donors (Lipinski definition) is 0. The molecule has 0 aliphatic rings. The molecule has 0 aliphatic heterocycles. The van der Waals surface area contributed by atoms with Gasteiger partial charge in [-0.1, -0.05) is 349 Å². The van der Waals surface area contributed by atoms with Gasteiger partial charge in [0, 0.05) is 35.3 Å². The van der Waals surface area contributed by atoms with Crippen LogP contribution in [0.3, 0.4) is 0 Å². The molecule has 0 N–H and O–H groups in total. The minimum Gasteiger partial charge on any atom is -0.304 e. The monoisotopic (exact) mass is 1690 g/mol. The van der Waals surface area contributed by atoms with Gasteiger partial charge in [-0.05, 0) is 156 Å². The van der Waals surface area contributed by atoms with Crippen molar-refractivity contribution in [3.8, 4) is 167 Å². The molecule has 0 amide bonds. The van der Waals surface area contributed by atoms with E-state index in [4.69, 9.17) is 15.0 Å². The zero-order valence-corrected chi connectivity index (χ0v) is 63.6. The SMILES string of the molecule is Cc1cc(-c2[c-]cc(-c3cc(-c4ccccc4)ccc3-c3cc(-c4ccc(-c5ccccc5)cc4-c4c[c-]c(-c5cc(C)c(-c6ccccc6)cn5)cc4Br)cc(-c4ccc(-c5ccccc5)cc4-c4c[c-]c(-c5cc(C)c(-c6ccccc6)cn5)cc4Br)c3)c(Br)c2)ncc1-c1ccccc1.[Ir+3]. The average Bonchev–Trinajstić information content (AvgIpc) is 0.755. The summed E-state index contributed by atoms with van der Waals surface area (Å²) in [5.74, 6) is 0. The van der Waals surface area contributed by atoms with Crippen LogP contribution in [0.5, 0.6) is 0 Å². The molecule has 0 radical (unpaired) electrons. The molecule has 16 aromatic rings. The summed E-state index contributed by atoms with van der Waals surface area (Å²) < 4.78 is 2.77. The standard InChI is InChI=1S/C96H63Br3N3.Ir/c1-61-46-94(100-58-88(61)67-28-16-7-17-29-67)73-37-43-82(91(97)55-73)85-52-70(64-22-10-4-11-23-64)34-40-79(85)76-49-77(80-41-35-71(65-24-12-5-13-25-65)53-86(80)83-44-38-74(56-92(83)98)95-47-62(2)89(59-101-95)68-30-18-8-19-31-68)51-78(50-76)81-42-36-72(66-26-14-6-15-27-66)54-87(81)84-45-39-75(57-93(84)99)96-48-63(3)90(60-102-96)69-32-20-9-21-33-69;/h4-36,40-60H,1-3H3;/q-3;+3. The molecule has 0 spiro atoms. The average molecular weight is 1690 g/mol. The van der Waals surface area contributed by atoms with Crippen LogP contribution in [0.2, 0.25) is 0 Å². The zero-order valence-electron chi connectivity index (χ0n) is 56.5. The third-order valence-electron chi connectivity index (χ3n) is 19.2. The Morgan fingerprint density at radius 2 is 0.456 bits per heavy atom. The Hall–Kier alpha value is -10.6.